The summed E-state index contributed by atoms with van der Waals surface area (Å²) >= 11 is 0. The number of fused-ring (bicyclic) bond motifs is 1. The Balaban J connectivity index is 1.41. The molecule has 0 atom stereocenters. The molecule has 6 heterocycles. The second-order valence-corrected chi connectivity index (χ2v) is 8.35. The summed E-state index contributed by atoms with van der Waals surface area (Å²) in [6.45, 7) is 4.34. The predicted octanol–water partition coefficient (Wildman–Crippen LogP) is 2.08. The highest BCUT2D eigenvalue weighted by Crippen LogP contribution is 2.37. The molecule has 30 heavy (non-hydrogen) atoms. The van der Waals surface area contributed by atoms with Crippen LogP contribution in [0.5, 0.6) is 0 Å². The van der Waals surface area contributed by atoms with E-state index in [0.29, 0.717) is 11.1 Å². The van der Waals surface area contributed by atoms with Crippen LogP contribution in [0.2, 0.25) is 0 Å². The smallest absolute Gasteiger partial charge is 0.145 e. The van der Waals surface area contributed by atoms with Crippen LogP contribution in [0.4, 0.5) is 5.82 Å². The van der Waals surface area contributed by atoms with Crippen LogP contribution in [0.3, 0.4) is 0 Å². The maximum atomic E-state index is 9.57. The zero-order chi connectivity index (χ0) is 20.3. The fraction of sp³-hybridized carbons (Fsp3) is 0.273. The molecule has 4 aromatic heterocycles. The monoisotopic (exact) mass is 396 g/mol. The van der Waals surface area contributed by atoms with Gasteiger partial charge < -0.3 is 10.2 Å². The van der Waals surface area contributed by atoms with Crippen molar-refractivity contribution in [1.29, 1.82) is 5.26 Å². The first-order chi connectivity index (χ1) is 14.6. The van der Waals surface area contributed by atoms with Crippen LogP contribution >= 0.6 is 0 Å². The normalized spacial score (nSPS) is 17.0. The molecule has 1 spiro atoms. The first kappa shape index (κ1) is 17.2. The molecular formula is C22H20N8. The largest absolute Gasteiger partial charge is 0.355 e. The highest BCUT2D eigenvalue weighted by Gasteiger charge is 2.47. The fourth-order valence-electron chi connectivity index (χ4n) is 4.49. The number of nitriles is 1. The molecule has 1 N–H and O–H groups in total. The third kappa shape index (κ3) is 2.52. The summed E-state index contributed by atoms with van der Waals surface area (Å²) in [6.07, 6.45) is 7.31. The van der Waals surface area contributed by atoms with Crippen molar-refractivity contribution < 1.29 is 0 Å². The summed E-state index contributed by atoms with van der Waals surface area (Å²) in [6, 6.07) is 10.4. The molecule has 0 radical (unpaired) electrons. The number of nitrogens with one attached hydrogen (secondary N) is 1. The van der Waals surface area contributed by atoms with E-state index in [1.54, 1.807) is 10.9 Å². The van der Waals surface area contributed by atoms with Crippen LogP contribution in [-0.2, 0) is 7.05 Å². The van der Waals surface area contributed by atoms with E-state index in [1.165, 1.54) is 0 Å². The lowest BCUT2D eigenvalue weighted by Crippen LogP contribution is -2.71. The van der Waals surface area contributed by atoms with Crippen molar-refractivity contribution in [2.45, 2.75) is 0 Å². The van der Waals surface area contributed by atoms with E-state index in [-0.39, 0.29) is 0 Å². The van der Waals surface area contributed by atoms with E-state index in [4.69, 9.17) is 4.98 Å². The van der Waals surface area contributed by atoms with Crippen LogP contribution in [-0.4, -0.2) is 50.3 Å². The topological polar surface area (TPSA) is 87.1 Å². The molecule has 4 aromatic rings. The number of imidazole rings is 1. The Kier molecular flexibility index (Phi) is 3.52. The molecule has 148 valence electrons. The zero-order valence-corrected chi connectivity index (χ0v) is 16.6. The molecule has 2 saturated heterocycles. The van der Waals surface area contributed by atoms with Crippen molar-refractivity contribution in [2.75, 3.05) is 31.1 Å². The SMILES string of the molecule is Cn1cc(-c2cc(-c3ccc(N4CC5(CNC5)C4)nc3)n3c(C#N)cnc3c2)cn1. The van der Waals surface area contributed by atoms with Gasteiger partial charge in [0.1, 0.15) is 23.2 Å². The average molecular weight is 396 g/mol. The number of rotatable bonds is 3. The van der Waals surface area contributed by atoms with E-state index in [2.05, 4.69) is 44.6 Å². The van der Waals surface area contributed by atoms with Crippen LogP contribution < -0.4 is 10.2 Å². The minimum absolute atomic E-state index is 0.461. The fourth-order valence-corrected chi connectivity index (χ4v) is 4.49. The van der Waals surface area contributed by atoms with Crippen LogP contribution in [0.15, 0.2) is 49.1 Å². The van der Waals surface area contributed by atoms with Crippen molar-refractivity contribution in [2.24, 2.45) is 12.5 Å². The van der Waals surface area contributed by atoms with E-state index in [1.807, 2.05) is 36.1 Å². The molecule has 8 heteroatoms. The number of pyridine rings is 2. The van der Waals surface area contributed by atoms with Gasteiger partial charge in [-0.25, -0.2) is 9.97 Å². The Morgan fingerprint density at radius 2 is 1.90 bits per heavy atom. The van der Waals surface area contributed by atoms with Gasteiger partial charge in [0.05, 0.1) is 18.1 Å². The molecule has 0 aliphatic carbocycles. The minimum atomic E-state index is 0.461. The molecule has 6 rings (SSSR count). The lowest BCUT2D eigenvalue weighted by molar-refractivity contribution is 0.120. The summed E-state index contributed by atoms with van der Waals surface area (Å²) in [5, 5.41) is 17.2. The maximum absolute atomic E-state index is 9.57. The number of anilines is 1. The molecule has 2 fully saturated rings. The molecule has 8 nitrogen and oxygen atoms in total. The third-order valence-corrected chi connectivity index (χ3v) is 6.18. The van der Waals surface area contributed by atoms with E-state index >= 15 is 0 Å². The van der Waals surface area contributed by atoms with Crippen molar-refractivity contribution >= 4 is 11.5 Å². The Morgan fingerprint density at radius 1 is 1.03 bits per heavy atom. The van der Waals surface area contributed by atoms with Gasteiger partial charge in [0.2, 0.25) is 0 Å². The summed E-state index contributed by atoms with van der Waals surface area (Å²) in [5.74, 6) is 1.00. The lowest BCUT2D eigenvalue weighted by atomic mass is 9.74. The molecule has 0 saturated carbocycles. The van der Waals surface area contributed by atoms with Gasteiger partial charge in [0.25, 0.3) is 0 Å². The molecule has 2 aliphatic rings. The maximum Gasteiger partial charge on any atom is 0.145 e. The van der Waals surface area contributed by atoms with Crippen LogP contribution in [0, 0.1) is 16.7 Å². The first-order valence-electron chi connectivity index (χ1n) is 9.97. The second kappa shape index (κ2) is 6.15. The standard InChI is InChI=1S/C22H20N8/c1-28-10-17(8-27-28)16-4-19(30-18(6-23)9-26-21(30)5-16)15-2-3-20(25-7-15)29-13-22(14-29)11-24-12-22/h2-5,7-10,24H,11-14H2,1H3. The van der Waals surface area contributed by atoms with Gasteiger partial charge in [-0.2, -0.15) is 10.4 Å². The number of aryl methyl sites for hydroxylation is 1. The predicted molar refractivity (Wildman–Crippen MR) is 113 cm³/mol. The average Bonchev–Trinajstić information content (AvgIpc) is 3.31. The van der Waals surface area contributed by atoms with Gasteiger partial charge in [0, 0.05) is 62.2 Å². The Labute approximate surface area is 173 Å². The van der Waals surface area contributed by atoms with Gasteiger partial charge >= 0.3 is 0 Å². The van der Waals surface area contributed by atoms with Gasteiger partial charge in [-0.05, 0) is 29.8 Å². The van der Waals surface area contributed by atoms with E-state index in [0.717, 1.165) is 60.0 Å². The first-order valence-corrected chi connectivity index (χ1v) is 9.97. The Bertz CT molecular complexity index is 1300. The number of nitrogens with zero attached hydrogens (tertiary/aromatic N) is 7. The Hall–Kier alpha value is -3.70. The number of hydrogen-bond donors (Lipinski definition) is 1. The van der Waals surface area contributed by atoms with Crippen molar-refractivity contribution in [3.05, 3.63) is 54.7 Å². The van der Waals surface area contributed by atoms with Crippen LogP contribution in [0.1, 0.15) is 5.69 Å². The van der Waals surface area contributed by atoms with E-state index in [9.17, 15) is 5.26 Å². The minimum Gasteiger partial charge on any atom is -0.355 e. The van der Waals surface area contributed by atoms with Gasteiger partial charge in [-0.15, -0.1) is 0 Å². The molecular weight excluding hydrogens is 376 g/mol. The molecule has 2 aliphatic heterocycles. The highest BCUT2D eigenvalue weighted by atomic mass is 15.3. The lowest BCUT2D eigenvalue weighted by Gasteiger charge is -2.56. The summed E-state index contributed by atoms with van der Waals surface area (Å²) in [5.41, 5.74) is 5.55. The summed E-state index contributed by atoms with van der Waals surface area (Å²) < 4.78 is 3.66. The van der Waals surface area contributed by atoms with Crippen molar-refractivity contribution in [3.63, 3.8) is 0 Å². The molecule has 0 unspecified atom stereocenters. The van der Waals surface area contributed by atoms with Gasteiger partial charge in [0.15, 0.2) is 0 Å². The molecule has 0 bridgehead atoms. The second-order valence-electron chi connectivity index (χ2n) is 8.35. The van der Waals surface area contributed by atoms with Gasteiger partial charge in [-0.3, -0.25) is 9.08 Å². The van der Waals surface area contributed by atoms with Crippen molar-refractivity contribution in [3.8, 4) is 28.5 Å². The van der Waals surface area contributed by atoms with Crippen LogP contribution in [0.25, 0.3) is 28.0 Å². The third-order valence-electron chi connectivity index (χ3n) is 6.18. The number of aromatic nitrogens is 5. The molecule has 0 aromatic carbocycles. The zero-order valence-electron chi connectivity index (χ0n) is 16.6. The van der Waals surface area contributed by atoms with Crippen molar-refractivity contribution in [1.82, 2.24) is 29.5 Å². The Morgan fingerprint density at radius 3 is 2.53 bits per heavy atom. The summed E-state index contributed by atoms with van der Waals surface area (Å²) in [4.78, 5) is 11.5. The molecule has 0 amide bonds. The highest BCUT2D eigenvalue weighted by molar-refractivity contribution is 5.76. The van der Waals surface area contributed by atoms with E-state index < -0.39 is 0 Å². The summed E-state index contributed by atoms with van der Waals surface area (Å²) in [7, 11) is 1.90. The number of hydrogen-bond acceptors (Lipinski definition) is 6. The quantitative estimate of drug-likeness (QED) is 0.571. The van der Waals surface area contributed by atoms with Gasteiger partial charge in [-0.1, -0.05) is 0 Å².